The molecule has 5 nitrogen and oxygen atoms in total. The third kappa shape index (κ3) is 5.64. The predicted molar refractivity (Wildman–Crippen MR) is 136 cm³/mol. The number of hydrogen-bond acceptors (Lipinski definition) is 5. The Labute approximate surface area is 216 Å². The number of methoxy groups -OCH3 is 1. The third-order valence-corrected chi connectivity index (χ3v) is 6.85. The molecule has 1 fully saturated rings. The highest BCUT2D eigenvalue weighted by molar-refractivity contribution is 8.18. The molecule has 9 heteroatoms. The first kappa shape index (κ1) is 25.1. The fraction of sp³-hybridized carbons (Fsp3) is 0.154. The van der Waals surface area contributed by atoms with E-state index < -0.39 is 17.0 Å². The van der Waals surface area contributed by atoms with Gasteiger partial charge in [0.2, 0.25) is 0 Å². The Morgan fingerprint density at radius 3 is 2.49 bits per heavy atom. The van der Waals surface area contributed by atoms with Gasteiger partial charge in [-0.3, -0.25) is 14.5 Å². The summed E-state index contributed by atoms with van der Waals surface area (Å²) in [6.45, 7) is 2.05. The van der Waals surface area contributed by atoms with Crippen LogP contribution in [0.2, 0.25) is 10.0 Å². The Hall–Kier alpha value is -3.00. The van der Waals surface area contributed by atoms with Crippen molar-refractivity contribution in [3.05, 3.63) is 97.6 Å². The van der Waals surface area contributed by atoms with Crippen LogP contribution in [0.3, 0.4) is 0 Å². The van der Waals surface area contributed by atoms with Crippen molar-refractivity contribution in [1.29, 1.82) is 0 Å². The van der Waals surface area contributed by atoms with Crippen LogP contribution in [0, 0.1) is 12.7 Å². The lowest BCUT2D eigenvalue weighted by Gasteiger charge is -2.14. The van der Waals surface area contributed by atoms with Gasteiger partial charge in [0.25, 0.3) is 11.1 Å². The van der Waals surface area contributed by atoms with Crippen LogP contribution in [0.5, 0.6) is 11.5 Å². The lowest BCUT2D eigenvalue weighted by atomic mass is 10.1. The van der Waals surface area contributed by atoms with Crippen LogP contribution in [-0.4, -0.2) is 23.2 Å². The molecule has 3 aromatic rings. The molecule has 1 aliphatic rings. The van der Waals surface area contributed by atoms with Crippen LogP contribution in [-0.2, 0) is 17.9 Å². The number of ether oxygens (including phenoxy) is 2. The SMILES string of the molecule is COc1cc(/C=C2\SC(=O)N(Cc3c(F)cccc3Cl)C2=O)cc(Cl)c1OCc1ccc(C)cc1. The first-order valence-electron chi connectivity index (χ1n) is 10.5. The lowest BCUT2D eigenvalue weighted by Crippen LogP contribution is -2.28. The Balaban J connectivity index is 1.54. The van der Waals surface area contributed by atoms with Gasteiger partial charge >= 0.3 is 0 Å². The van der Waals surface area contributed by atoms with E-state index >= 15 is 0 Å². The van der Waals surface area contributed by atoms with Crippen molar-refractivity contribution in [3.63, 3.8) is 0 Å². The average molecular weight is 532 g/mol. The molecular weight excluding hydrogens is 512 g/mol. The average Bonchev–Trinajstić information content (AvgIpc) is 3.08. The molecule has 1 heterocycles. The number of carbonyl (C=O) groups is 2. The molecule has 0 aliphatic carbocycles. The van der Waals surface area contributed by atoms with Crippen LogP contribution < -0.4 is 9.47 Å². The van der Waals surface area contributed by atoms with E-state index in [1.165, 1.54) is 31.4 Å². The van der Waals surface area contributed by atoms with Crippen molar-refractivity contribution in [2.75, 3.05) is 7.11 Å². The topological polar surface area (TPSA) is 55.8 Å². The molecule has 3 aromatic carbocycles. The van der Waals surface area contributed by atoms with Gasteiger partial charge in [0.1, 0.15) is 12.4 Å². The quantitative estimate of drug-likeness (QED) is 0.300. The molecule has 35 heavy (non-hydrogen) atoms. The minimum Gasteiger partial charge on any atom is -0.493 e. The maximum Gasteiger partial charge on any atom is 0.293 e. The monoisotopic (exact) mass is 531 g/mol. The van der Waals surface area contributed by atoms with Crippen LogP contribution in [0.15, 0.2) is 59.5 Å². The van der Waals surface area contributed by atoms with Crippen molar-refractivity contribution < 1.29 is 23.5 Å². The smallest absolute Gasteiger partial charge is 0.293 e. The first-order chi connectivity index (χ1) is 16.8. The second kappa shape index (κ2) is 10.7. The highest BCUT2D eigenvalue weighted by Gasteiger charge is 2.36. The van der Waals surface area contributed by atoms with Gasteiger partial charge in [-0.25, -0.2) is 4.39 Å². The zero-order valence-corrected chi connectivity index (χ0v) is 21.1. The van der Waals surface area contributed by atoms with E-state index in [4.69, 9.17) is 32.7 Å². The third-order valence-electron chi connectivity index (χ3n) is 5.30. The number of benzene rings is 3. The fourth-order valence-electron chi connectivity index (χ4n) is 3.43. The van der Waals surface area contributed by atoms with Gasteiger partial charge in [0, 0.05) is 10.6 Å². The molecular formula is C26H20Cl2FNO4S. The molecule has 0 aromatic heterocycles. The summed E-state index contributed by atoms with van der Waals surface area (Å²) in [4.78, 5) is 26.5. The molecule has 0 atom stereocenters. The van der Waals surface area contributed by atoms with E-state index in [-0.39, 0.29) is 22.0 Å². The van der Waals surface area contributed by atoms with Crippen molar-refractivity contribution in [2.45, 2.75) is 20.1 Å². The molecule has 0 bridgehead atoms. The van der Waals surface area contributed by atoms with E-state index in [0.29, 0.717) is 28.7 Å². The number of aryl methyl sites for hydroxylation is 1. The Morgan fingerprint density at radius 2 is 1.80 bits per heavy atom. The normalized spacial score (nSPS) is 14.7. The van der Waals surface area contributed by atoms with Crippen molar-refractivity contribution >= 4 is 52.2 Å². The standard InChI is InChI=1S/C26H20Cl2FNO4S/c1-15-6-8-16(9-7-15)14-34-24-20(28)10-17(11-22(24)33-2)12-23-25(31)30(26(32)35-23)13-18-19(27)4-3-5-21(18)29/h3-12H,13-14H2,1-2H3/b23-12-. The minimum absolute atomic E-state index is 0.0810. The molecule has 0 spiro atoms. The van der Waals surface area contributed by atoms with Gasteiger partial charge in [0.05, 0.1) is 23.6 Å². The van der Waals surface area contributed by atoms with E-state index in [0.717, 1.165) is 27.8 Å². The van der Waals surface area contributed by atoms with Gasteiger partial charge in [-0.1, -0.05) is 59.1 Å². The van der Waals surface area contributed by atoms with Crippen molar-refractivity contribution in [1.82, 2.24) is 4.90 Å². The van der Waals surface area contributed by atoms with Gasteiger partial charge < -0.3 is 9.47 Å². The zero-order chi connectivity index (χ0) is 25.1. The molecule has 0 N–H and O–H groups in total. The summed E-state index contributed by atoms with van der Waals surface area (Å²) < 4.78 is 25.5. The minimum atomic E-state index is -0.585. The fourth-order valence-corrected chi connectivity index (χ4v) is 4.77. The molecule has 0 saturated carbocycles. The summed E-state index contributed by atoms with van der Waals surface area (Å²) in [5.41, 5.74) is 2.75. The molecule has 0 unspecified atom stereocenters. The van der Waals surface area contributed by atoms with E-state index in [1.807, 2.05) is 31.2 Å². The van der Waals surface area contributed by atoms with Crippen LogP contribution in [0.4, 0.5) is 9.18 Å². The first-order valence-corrected chi connectivity index (χ1v) is 12.1. The summed E-state index contributed by atoms with van der Waals surface area (Å²) in [6, 6.07) is 15.4. The molecule has 2 amide bonds. The van der Waals surface area contributed by atoms with Gasteiger partial charge in [-0.2, -0.15) is 0 Å². The number of amides is 2. The predicted octanol–water partition coefficient (Wildman–Crippen LogP) is 7.27. The molecule has 1 aliphatic heterocycles. The maximum absolute atomic E-state index is 14.2. The van der Waals surface area contributed by atoms with E-state index in [2.05, 4.69) is 0 Å². The van der Waals surface area contributed by atoms with Crippen LogP contribution in [0.25, 0.3) is 6.08 Å². The van der Waals surface area contributed by atoms with Crippen molar-refractivity contribution in [2.24, 2.45) is 0 Å². The lowest BCUT2D eigenvalue weighted by molar-refractivity contribution is -0.123. The summed E-state index contributed by atoms with van der Waals surface area (Å²) in [5.74, 6) is -0.380. The molecule has 4 rings (SSSR count). The Kier molecular flexibility index (Phi) is 7.69. The molecule has 1 saturated heterocycles. The van der Waals surface area contributed by atoms with E-state index in [1.54, 1.807) is 12.1 Å². The zero-order valence-electron chi connectivity index (χ0n) is 18.8. The second-order valence-corrected chi connectivity index (χ2v) is 9.58. The van der Waals surface area contributed by atoms with Crippen LogP contribution >= 0.6 is 35.0 Å². The largest absolute Gasteiger partial charge is 0.493 e. The summed E-state index contributed by atoms with van der Waals surface area (Å²) in [6.07, 6.45) is 1.53. The van der Waals surface area contributed by atoms with Crippen molar-refractivity contribution in [3.8, 4) is 11.5 Å². The highest BCUT2D eigenvalue weighted by Crippen LogP contribution is 2.40. The number of imide groups is 1. The number of thioether (sulfide) groups is 1. The number of halogens is 3. The molecule has 180 valence electrons. The van der Waals surface area contributed by atoms with Crippen LogP contribution in [0.1, 0.15) is 22.3 Å². The summed E-state index contributed by atoms with van der Waals surface area (Å²) in [5, 5.41) is -0.0810. The molecule has 0 radical (unpaired) electrons. The number of hydrogen-bond donors (Lipinski definition) is 0. The highest BCUT2D eigenvalue weighted by atomic mass is 35.5. The number of rotatable bonds is 7. The second-order valence-electron chi connectivity index (χ2n) is 7.78. The van der Waals surface area contributed by atoms with Gasteiger partial charge in [-0.05, 0) is 60.2 Å². The Bertz CT molecular complexity index is 1310. The Morgan fingerprint density at radius 1 is 1.06 bits per heavy atom. The number of nitrogens with zero attached hydrogens (tertiary/aromatic N) is 1. The summed E-state index contributed by atoms with van der Waals surface area (Å²) in [7, 11) is 1.49. The van der Waals surface area contributed by atoms with E-state index in [9.17, 15) is 14.0 Å². The number of carbonyl (C=O) groups excluding carboxylic acids is 2. The summed E-state index contributed by atoms with van der Waals surface area (Å²) >= 11 is 13.3. The maximum atomic E-state index is 14.2. The van der Waals surface area contributed by atoms with Gasteiger partial charge in [0.15, 0.2) is 11.5 Å². The van der Waals surface area contributed by atoms with Gasteiger partial charge in [-0.15, -0.1) is 0 Å².